The van der Waals surface area contributed by atoms with Crippen molar-refractivity contribution < 1.29 is 24.5 Å². The van der Waals surface area contributed by atoms with Crippen LogP contribution in [0.25, 0.3) is 0 Å². The summed E-state index contributed by atoms with van der Waals surface area (Å²) in [6.07, 6.45) is 2.49. The molecule has 11 heteroatoms. The zero-order valence-electron chi connectivity index (χ0n) is 19.3. The van der Waals surface area contributed by atoms with E-state index in [9.17, 15) is 19.8 Å². The third-order valence-corrected chi connectivity index (χ3v) is 36.7. The van der Waals surface area contributed by atoms with Gasteiger partial charge in [-0.15, -0.1) is 0 Å². The van der Waals surface area contributed by atoms with Crippen LogP contribution in [0, 0.1) is 0 Å². The number of rotatable bonds is 9. The standard InChI is InChI=1S/C25H24O5P2S4/c1-2-3-4-19(27)15-17-5-14-24(28)23(16-17)25(29)30-20-8-12-22(13-9-20)32(34)35-31(33,36-32)21-10-6-18(26)7-11-21/h5-14,16,26,28H,2-4,15H2,1H3. The van der Waals surface area contributed by atoms with E-state index < -0.39 is 14.9 Å². The summed E-state index contributed by atoms with van der Waals surface area (Å²) in [5, 5.41) is 21.7. The van der Waals surface area contributed by atoms with Gasteiger partial charge < -0.3 is 14.9 Å². The molecule has 36 heavy (non-hydrogen) atoms. The van der Waals surface area contributed by atoms with Gasteiger partial charge in [0.05, 0.1) is 8.88 Å². The number of hydrogen-bond acceptors (Lipinski definition) is 9. The minimum absolute atomic E-state index is 0.0202. The van der Waals surface area contributed by atoms with Gasteiger partial charge in [-0.3, -0.25) is 4.79 Å². The number of aromatic hydroxyl groups is 2. The van der Waals surface area contributed by atoms with Crippen LogP contribution >= 0.6 is 30.9 Å². The molecule has 0 saturated carbocycles. The summed E-state index contributed by atoms with van der Waals surface area (Å²) < 4.78 is 1.64. The van der Waals surface area contributed by atoms with Crippen molar-refractivity contribution in [1.82, 2.24) is 0 Å². The third kappa shape index (κ3) is 6.27. The van der Waals surface area contributed by atoms with Gasteiger partial charge in [0.25, 0.3) is 0 Å². The van der Waals surface area contributed by atoms with E-state index in [0.29, 0.717) is 17.7 Å². The molecule has 0 aromatic heterocycles. The highest BCUT2D eigenvalue weighted by atomic mass is 33.7. The minimum Gasteiger partial charge on any atom is -0.508 e. The second-order valence-corrected chi connectivity index (χ2v) is 29.5. The highest BCUT2D eigenvalue weighted by Gasteiger charge is 2.45. The van der Waals surface area contributed by atoms with Gasteiger partial charge in [0.15, 0.2) is 0 Å². The van der Waals surface area contributed by atoms with Crippen LogP contribution in [0.2, 0.25) is 0 Å². The number of carbonyl (C=O) groups is 2. The first-order valence-corrected chi connectivity index (χ1v) is 20.9. The maximum atomic E-state index is 12.7. The average Bonchev–Trinajstić information content (AvgIpc) is 2.83. The van der Waals surface area contributed by atoms with Gasteiger partial charge in [0.2, 0.25) is 0 Å². The zero-order valence-corrected chi connectivity index (χ0v) is 24.4. The molecule has 1 fully saturated rings. The SMILES string of the molecule is CCCCC(=O)Cc1ccc(O)c(C(=O)Oc2ccc(P3(=S)SP(=S)(c4ccc(O)cc4)S3)cc2)c1. The number of esters is 1. The van der Waals surface area contributed by atoms with Crippen molar-refractivity contribution in [2.75, 3.05) is 0 Å². The van der Waals surface area contributed by atoms with Gasteiger partial charge in [0, 0.05) is 23.5 Å². The number of ether oxygens (including phenoxy) is 1. The summed E-state index contributed by atoms with van der Waals surface area (Å²) in [7, 11) is 0. The zero-order chi connectivity index (χ0) is 25.9. The molecule has 1 aliphatic heterocycles. The van der Waals surface area contributed by atoms with E-state index in [-0.39, 0.29) is 29.3 Å². The maximum absolute atomic E-state index is 12.7. The largest absolute Gasteiger partial charge is 0.508 e. The Morgan fingerprint density at radius 1 is 0.889 bits per heavy atom. The molecule has 0 amide bonds. The van der Waals surface area contributed by atoms with Crippen molar-refractivity contribution in [3.05, 3.63) is 77.9 Å². The fourth-order valence-corrected chi connectivity index (χ4v) is 45.8. The monoisotopic (exact) mass is 594 g/mol. The van der Waals surface area contributed by atoms with Crippen molar-refractivity contribution in [1.29, 1.82) is 0 Å². The normalized spacial score (nSPS) is 20.9. The van der Waals surface area contributed by atoms with Crippen LogP contribution in [0.1, 0.15) is 42.1 Å². The first-order valence-electron chi connectivity index (χ1n) is 11.2. The van der Waals surface area contributed by atoms with Crippen LogP contribution in [-0.2, 0) is 34.8 Å². The Balaban J connectivity index is 1.41. The molecule has 3 aromatic rings. The van der Waals surface area contributed by atoms with Gasteiger partial charge in [0.1, 0.15) is 28.6 Å². The van der Waals surface area contributed by atoms with Gasteiger partial charge in [-0.2, -0.15) is 0 Å². The number of phenols is 2. The summed E-state index contributed by atoms with van der Waals surface area (Å²) >= 11 is 15.2. The van der Waals surface area contributed by atoms with Crippen LogP contribution in [0.3, 0.4) is 0 Å². The highest BCUT2D eigenvalue weighted by Crippen LogP contribution is 3.04. The molecule has 1 saturated heterocycles. The molecule has 1 aliphatic rings. The lowest BCUT2D eigenvalue weighted by molar-refractivity contribution is -0.118. The predicted octanol–water partition coefficient (Wildman–Crippen LogP) is 6.67. The molecule has 5 nitrogen and oxygen atoms in total. The van der Waals surface area contributed by atoms with Crippen molar-refractivity contribution >= 4 is 76.9 Å². The summed E-state index contributed by atoms with van der Waals surface area (Å²) in [4.78, 5) is 24.8. The molecule has 0 bridgehead atoms. The quantitative estimate of drug-likeness (QED) is 0.160. The van der Waals surface area contributed by atoms with E-state index in [1.54, 1.807) is 52.3 Å². The number of benzene rings is 3. The number of phenolic OH excluding ortho intramolecular Hbond substituents is 2. The molecule has 0 radical (unpaired) electrons. The second-order valence-electron chi connectivity index (χ2n) is 8.23. The summed E-state index contributed by atoms with van der Waals surface area (Å²) in [5.41, 5.74) is 0.684. The molecule has 0 atom stereocenters. The minimum atomic E-state index is -1.96. The van der Waals surface area contributed by atoms with Gasteiger partial charge >= 0.3 is 5.97 Å². The summed E-state index contributed by atoms with van der Waals surface area (Å²) in [5.74, 6) is -0.245. The number of hydrogen-bond donors (Lipinski definition) is 2. The Bertz CT molecular complexity index is 1380. The summed E-state index contributed by atoms with van der Waals surface area (Å²) in [6, 6.07) is 18.7. The molecule has 3 aromatic carbocycles. The first kappa shape index (κ1) is 27.4. The average molecular weight is 595 g/mol. The molecular weight excluding hydrogens is 570 g/mol. The topological polar surface area (TPSA) is 83.8 Å². The lowest BCUT2D eigenvalue weighted by Gasteiger charge is -2.40. The van der Waals surface area contributed by atoms with Crippen LogP contribution in [0.4, 0.5) is 0 Å². The Kier molecular flexibility index (Phi) is 8.71. The number of carbonyl (C=O) groups excluding carboxylic acids is 2. The van der Waals surface area contributed by atoms with Gasteiger partial charge in [-0.1, -0.05) is 65.0 Å². The van der Waals surface area contributed by atoms with Crippen LogP contribution in [0.5, 0.6) is 17.2 Å². The molecule has 4 rings (SSSR count). The first-order chi connectivity index (χ1) is 17.1. The van der Waals surface area contributed by atoms with E-state index in [4.69, 9.17) is 28.4 Å². The predicted molar refractivity (Wildman–Crippen MR) is 159 cm³/mol. The van der Waals surface area contributed by atoms with E-state index in [1.807, 2.05) is 31.2 Å². The second kappa shape index (κ2) is 11.4. The van der Waals surface area contributed by atoms with E-state index in [1.165, 1.54) is 12.1 Å². The fourth-order valence-electron chi connectivity index (χ4n) is 3.52. The fraction of sp³-hybridized carbons (Fsp3) is 0.200. The molecule has 2 N–H and O–H groups in total. The molecule has 0 aliphatic carbocycles. The van der Waals surface area contributed by atoms with Gasteiger partial charge in [-0.05, 0) is 72.6 Å². The molecule has 0 spiro atoms. The maximum Gasteiger partial charge on any atom is 0.347 e. The lowest BCUT2D eigenvalue weighted by atomic mass is 10.0. The van der Waals surface area contributed by atoms with Gasteiger partial charge in [-0.25, -0.2) is 4.79 Å². The smallest absolute Gasteiger partial charge is 0.347 e. The Morgan fingerprint density at radius 2 is 1.47 bits per heavy atom. The van der Waals surface area contributed by atoms with Crippen LogP contribution < -0.4 is 15.3 Å². The van der Waals surface area contributed by atoms with Crippen LogP contribution in [0.15, 0.2) is 66.7 Å². The van der Waals surface area contributed by atoms with E-state index in [0.717, 1.165) is 23.5 Å². The number of ketones is 1. The number of Topliss-reactive ketones (excluding diaryl/α,β-unsaturated/α-hetero) is 1. The van der Waals surface area contributed by atoms with Crippen molar-refractivity contribution in [3.63, 3.8) is 0 Å². The van der Waals surface area contributed by atoms with Crippen molar-refractivity contribution in [2.24, 2.45) is 0 Å². The molecule has 1 heterocycles. The Hall–Kier alpha value is -1.60. The molecule has 188 valence electrons. The summed E-state index contributed by atoms with van der Waals surface area (Å²) in [6.45, 7) is 2.03. The lowest BCUT2D eigenvalue weighted by Crippen LogP contribution is -2.12. The molecular formula is C25H24O5P2S4. The van der Waals surface area contributed by atoms with Crippen molar-refractivity contribution in [3.8, 4) is 17.2 Å². The van der Waals surface area contributed by atoms with E-state index >= 15 is 0 Å². The third-order valence-electron chi connectivity index (χ3n) is 5.45. The number of unbranched alkanes of at least 4 members (excludes halogenated alkanes) is 1. The van der Waals surface area contributed by atoms with E-state index in [2.05, 4.69) is 0 Å². The Labute approximate surface area is 228 Å². The molecule has 0 unspecified atom stereocenters. The highest BCUT2D eigenvalue weighted by molar-refractivity contribution is 9.48. The Morgan fingerprint density at radius 3 is 2.06 bits per heavy atom. The van der Waals surface area contributed by atoms with Crippen molar-refractivity contribution in [2.45, 2.75) is 32.6 Å². The van der Waals surface area contributed by atoms with Crippen LogP contribution in [-0.4, -0.2) is 22.0 Å².